The van der Waals surface area contributed by atoms with Crippen LogP contribution in [0.1, 0.15) is 65.4 Å². The number of esters is 1. The van der Waals surface area contributed by atoms with E-state index in [1.54, 1.807) is 6.92 Å². The van der Waals surface area contributed by atoms with E-state index in [4.69, 9.17) is 9.16 Å². The Labute approximate surface area is 200 Å². The van der Waals surface area contributed by atoms with Crippen molar-refractivity contribution in [3.8, 4) is 0 Å². The van der Waals surface area contributed by atoms with Crippen LogP contribution in [-0.4, -0.2) is 50.2 Å². The van der Waals surface area contributed by atoms with Crippen LogP contribution in [0.2, 0.25) is 18.1 Å². The number of ether oxygens (including phenoxy) is 1. The number of rotatable bonds is 6. The van der Waals surface area contributed by atoms with Crippen molar-refractivity contribution in [2.24, 2.45) is 5.41 Å². The van der Waals surface area contributed by atoms with Crippen molar-refractivity contribution < 1.29 is 28.3 Å². The van der Waals surface area contributed by atoms with Gasteiger partial charge in [-0.25, -0.2) is 4.79 Å². The topological polar surface area (TPSA) is 75.7 Å². The average Bonchev–Trinajstić information content (AvgIpc) is 3.05. The zero-order valence-corrected chi connectivity index (χ0v) is 22.2. The number of likely N-dealkylation sites (tertiary alicyclic amines) is 1. The van der Waals surface area contributed by atoms with E-state index in [1.165, 1.54) is 0 Å². The van der Waals surface area contributed by atoms with Gasteiger partial charge in [0.05, 0.1) is 13.2 Å². The molecule has 1 heterocycles. The van der Waals surface area contributed by atoms with Gasteiger partial charge in [-0.15, -0.1) is 0 Å². The molecule has 2 aliphatic rings. The van der Waals surface area contributed by atoms with Crippen molar-refractivity contribution in [1.29, 1.82) is 0 Å². The molecule has 184 valence electrons. The van der Waals surface area contributed by atoms with Gasteiger partial charge in [-0.3, -0.25) is 4.48 Å². The highest BCUT2D eigenvalue weighted by atomic mass is 28.4. The van der Waals surface area contributed by atoms with Crippen molar-refractivity contribution in [2.75, 3.05) is 13.2 Å². The number of hydrogen-bond donors (Lipinski definition) is 0. The normalized spacial score (nSPS) is 30.4. The Morgan fingerprint density at radius 2 is 1.76 bits per heavy atom. The van der Waals surface area contributed by atoms with Gasteiger partial charge in [0.15, 0.2) is 14.4 Å². The minimum Gasteiger partial charge on any atom is -0.498 e. The fourth-order valence-electron chi connectivity index (χ4n) is 5.49. The second kappa shape index (κ2) is 9.51. The molecule has 6 nitrogen and oxygen atoms in total. The van der Waals surface area contributed by atoms with Gasteiger partial charge >= 0.3 is 5.97 Å². The van der Waals surface area contributed by atoms with Crippen LogP contribution in [0, 0.1) is 5.41 Å². The number of hydrogen-bond acceptors (Lipinski definition) is 5. The maximum atomic E-state index is 13.0. The number of quaternary nitrogens is 1. The second-order valence-corrected chi connectivity index (χ2v) is 16.4. The summed E-state index contributed by atoms with van der Waals surface area (Å²) in [7, 11) is -1.86. The summed E-state index contributed by atoms with van der Waals surface area (Å²) < 4.78 is 11.7. The van der Waals surface area contributed by atoms with Crippen molar-refractivity contribution in [3.63, 3.8) is 0 Å². The zero-order valence-electron chi connectivity index (χ0n) is 21.2. The minimum atomic E-state index is -1.86. The summed E-state index contributed by atoms with van der Waals surface area (Å²) in [5.74, 6) is -0.422. The van der Waals surface area contributed by atoms with Gasteiger partial charge in [-0.2, -0.15) is 0 Å². The lowest BCUT2D eigenvalue weighted by atomic mass is 9.72. The van der Waals surface area contributed by atoms with Crippen molar-refractivity contribution in [1.82, 2.24) is 0 Å². The summed E-state index contributed by atoms with van der Waals surface area (Å²) in [6.45, 7) is 13.9. The molecule has 1 saturated heterocycles. The van der Waals surface area contributed by atoms with Crippen LogP contribution >= 0.6 is 0 Å². The predicted molar refractivity (Wildman–Crippen MR) is 129 cm³/mol. The molecule has 2 unspecified atom stereocenters. The number of benzene rings is 1. The molecule has 1 saturated carbocycles. The number of carbonyl (C=O) groups is 2. The summed E-state index contributed by atoms with van der Waals surface area (Å²) in [6.07, 6.45) is 3.08. The van der Waals surface area contributed by atoms with E-state index in [9.17, 15) is 14.7 Å². The molecule has 1 aromatic carbocycles. The third-order valence-corrected chi connectivity index (χ3v) is 12.9. The van der Waals surface area contributed by atoms with Gasteiger partial charge in [-0.05, 0) is 50.7 Å². The summed E-state index contributed by atoms with van der Waals surface area (Å²) in [4.78, 5) is 25.7. The highest BCUT2D eigenvalue weighted by Gasteiger charge is 2.60. The first kappa shape index (κ1) is 25.9. The first-order valence-electron chi connectivity index (χ1n) is 12.3. The molecule has 1 spiro atoms. The third-order valence-electron chi connectivity index (χ3n) is 8.33. The molecule has 7 heteroatoms. The summed E-state index contributed by atoms with van der Waals surface area (Å²) >= 11 is 0. The predicted octanol–water partition coefficient (Wildman–Crippen LogP) is 4.63. The van der Waals surface area contributed by atoms with Crippen LogP contribution in [0.4, 0.5) is 4.79 Å². The van der Waals surface area contributed by atoms with Crippen LogP contribution in [0.25, 0.3) is 0 Å². The summed E-state index contributed by atoms with van der Waals surface area (Å²) in [5, 5.41) is 12.8. The molecule has 0 bridgehead atoms. The lowest BCUT2D eigenvalue weighted by Crippen LogP contribution is -2.63. The molecular weight excluding hydrogens is 434 g/mol. The average molecular weight is 476 g/mol. The fraction of sp³-hybridized carbons (Fsp3) is 0.692. The van der Waals surface area contributed by atoms with Gasteiger partial charge in [0.2, 0.25) is 0 Å². The standard InChI is InChI=1S/C26H41NO5Si/c1-7-31-23(28)22-17-26(15-13-21(14-16-26)32-33(5,6)25(2,3)4)19-27(22,24(29)30)18-20-11-9-8-10-12-20/h8-12,21-22H,7,13-19H2,1-6H3. The van der Waals surface area contributed by atoms with Crippen LogP contribution in [0.5, 0.6) is 0 Å². The molecule has 1 aromatic rings. The van der Waals surface area contributed by atoms with Crippen LogP contribution < -0.4 is 5.11 Å². The Balaban J connectivity index is 1.83. The molecular formula is C26H41NO5Si. The lowest BCUT2D eigenvalue weighted by Gasteiger charge is -2.44. The first-order chi connectivity index (χ1) is 15.3. The zero-order chi connectivity index (χ0) is 24.5. The van der Waals surface area contributed by atoms with E-state index >= 15 is 0 Å². The Morgan fingerprint density at radius 1 is 1.15 bits per heavy atom. The first-order valence-corrected chi connectivity index (χ1v) is 15.2. The lowest BCUT2D eigenvalue weighted by molar-refractivity contribution is -0.895. The highest BCUT2D eigenvalue weighted by Crippen LogP contribution is 2.51. The van der Waals surface area contributed by atoms with E-state index in [-0.39, 0.29) is 34.2 Å². The quantitative estimate of drug-likeness (QED) is 0.341. The number of carbonyl (C=O) groups excluding carboxylic acids is 2. The smallest absolute Gasteiger partial charge is 0.365 e. The van der Waals surface area contributed by atoms with Crippen molar-refractivity contribution in [2.45, 2.75) is 96.6 Å². The highest BCUT2D eigenvalue weighted by molar-refractivity contribution is 6.74. The Morgan fingerprint density at radius 3 is 2.27 bits per heavy atom. The molecule has 33 heavy (non-hydrogen) atoms. The van der Waals surface area contributed by atoms with E-state index in [1.807, 2.05) is 30.3 Å². The second-order valence-electron chi connectivity index (χ2n) is 11.7. The summed E-state index contributed by atoms with van der Waals surface area (Å²) in [6, 6.07) is 8.80. The van der Waals surface area contributed by atoms with Gasteiger partial charge < -0.3 is 19.1 Å². The maximum Gasteiger partial charge on any atom is 0.365 e. The molecule has 2 fully saturated rings. The largest absolute Gasteiger partial charge is 0.498 e. The van der Waals surface area contributed by atoms with Gasteiger partial charge in [0.25, 0.3) is 6.09 Å². The van der Waals surface area contributed by atoms with Gasteiger partial charge in [-0.1, -0.05) is 51.1 Å². The number of nitrogens with zero attached hydrogens (tertiary/aromatic N) is 1. The van der Waals surface area contributed by atoms with E-state index in [2.05, 4.69) is 33.9 Å². The van der Waals surface area contributed by atoms with Crippen molar-refractivity contribution in [3.05, 3.63) is 35.9 Å². The fourth-order valence-corrected chi connectivity index (χ4v) is 6.91. The van der Waals surface area contributed by atoms with Crippen LogP contribution in [-0.2, 0) is 20.5 Å². The Bertz CT molecular complexity index is 842. The SMILES string of the molecule is CCOC(=O)C1CC2(CCC(O[Si](C)(C)C(C)(C)C)CC2)C[N+]1(Cc1ccccc1)C(=O)[O-]. The molecule has 0 radical (unpaired) electrons. The van der Waals surface area contributed by atoms with Crippen LogP contribution in [0.3, 0.4) is 0 Å². The monoisotopic (exact) mass is 475 g/mol. The van der Waals surface area contributed by atoms with Gasteiger partial charge in [0, 0.05) is 23.5 Å². The van der Waals surface area contributed by atoms with Crippen molar-refractivity contribution >= 4 is 20.4 Å². The molecule has 1 aliphatic heterocycles. The number of carboxylic acid groups (broad SMARTS) is 1. The Hall–Kier alpha value is -1.70. The molecule has 2 atom stereocenters. The van der Waals surface area contributed by atoms with E-state index < -0.39 is 26.4 Å². The van der Waals surface area contributed by atoms with E-state index in [0.29, 0.717) is 13.0 Å². The Kier molecular flexibility index (Phi) is 7.47. The molecule has 3 rings (SSSR count). The maximum absolute atomic E-state index is 13.0. The molecule has 0 aromatic heterocycles. The molecule has 1 aliphatic carbocycles. The van der Waals surface area contributed by atoms with E-state index in [0.717, 1.165) is 31.2 Å². The number of amides is 1. The third kappa shape index (κ3) is 5.36. The molecule has 1 amide bonds. The minimum absolute atomic E-state index is 0.154. The summed E-state index contributed by atoms with van der Waals surface area (Å²) in [5.41, 5.74) is 0.683. The van der Waals surface area contributed by atoms with Gasteiger partial charge in [0.1, 0.15) is 6.54 Å². The van der Waals surface area contributed by atoms with Crippen LogP contribution in [0.15, 0.2) is 30.3 Å². The molecule has 0 N–H and O–H groups in total.